The average molecular weight is 250 g/mol. The van der Waals surface area contributed by atoms with Gasteiger partial charge in [-0.2, -0.15) is 0 Å². The van der Waals surface area contributed by atoms with Gasteiger partial charge < -0.3 is 15.8 Å². The van der Waals surface area contributed by atoms with Gasteiger partial charge in [-0.3, -0.25) is 0 Å². The van der Waals surface area contributed by atoms with Crippen molar-refractivity contribution in [3.8, 4) is 5.75 Å². The third kappa shape index (κ3) is 5.07. The minimum absolute atomic E-state index is 0.648. The predicted octanol–water partition coefficient (Wildman–Crippen LogP) is 2.12. The summed E-state index contributed by atoms with van der Waals surface area (Å²) in [6, 6.07) is 6.32. The number of methoxy groups -OCH3 is 1. The zero-order valence-corrected chi connectivity index (χ0v) is 11.8. The highest BCUT2D eigenvalue weighted by Crippen LogP contribution is 2.19. The maximum absolute atomic E-state index is 5.53. The lowest BCUT2D eigenvalue weighted by Gasteiger charge is -2.13. The number of hydrogen-bond acceptors (Lipinski definition) is 3. The summed E-state index contributed by atoms with van der Waals surface area (Å²) in [6.45, 7) is 7.13. The van der Waals surface area contributed by atoms with Crippen LogP contribution in [0.2, 0.25) is 0 Å². The Bertz CT molecular complexity index is 352. The maximum Gasteiger partial charge on any atom is 0.122 e. The van der Waals surface area contributed by atoms with Gasteiger partial charge in [0.1, 0.15) is 5.75 Å². The summed E-state index contributed by atoms with van der Waals surface area (Å²) < 4.78 is 5.37. The van der Waals surface area contributed by atoms with Crippen molar-refractivity contribution < 1.29 is 4.74 Å². The fourth-order valence-electron chi connectivity index (χ4n) is 2.06. The van der Waals surface area contributed by atoms with Crippen LogP contribution in [0.25, 0.3) is 0 Å². The quantitative estimate of drug-likeness (QED) is 0.695. The molecule has 0 heterocycles. The van der Waals surface area contributed by atoms with E-state index in [0.717, 1.165) is 38.2 Å². The largest absolute Gasteiger partial charge is 0.496 e. The van der Waals surface area contributed by atoms with Gasteiger partial charge >= 0.3 is 0 Å². The molecule has 1 aromatic carbocycles. The molecule has 0 fully saturated rings. The molecular formula is C15H26N2O. The van der Waals surface area contributed by atoms with Gasteiger partial charge in [0.05, 0.1) is 7.11 Å². The predicted molar refractivity (Wildman–Crippen MR) is 77.1 cm³/mol. The molecule has 1 rings (SSSR count). The Morgan fingerprint density at radius 1 is 1.39 bits per heavy atom. The van der Waals surface area contributed by atoms with E-state index in [1.165, 1.54) is 11.1 Å². The van der Waals surface area contributed by atoms with Gasteiger partial charge in [0, 0.05) is 0 Å². The molecule has 3 heteroatoms. The van der Waals surface area contributed by atoms with Crippen LogP contribution in [0.4, 0.5) is 0 Å². The van der Waals surface area contributed by atoms with Gasteiger partial charge in [0.25, 0.3) is 0 Å². The third-order valence-electron chi connectivity index (χ3n) is 3.16. The third-order valence-corrected chi connectivity index (χ3v) is 3.16. The number of rotatable bonds is 8. The van der Waals surface area contributed by atoms with Crippen LogP contribution in [0.15, 0.2) is 18.2 Å². The fraction of sp³-hybridized carbons (Fsp3) is 0.600. The molecule has 3 nitrogen and oxygen atoms in total. The Morgan fingerprint density at radius 2 is 2.17 bits per heavy atom. The van der Waals surface area contributed by atoms with Gasteiger partial charge in [-0.15, -0.1) is 0 Å². The number of aryl methyl sites for hydroxylation is 1. The Kier molecular flexibility index (Phi) is 6.76. The highest BCUT2D eigenvalue weighted by atomic mass is 16.5. The van der Waals surface area contributed by atoms with Crippen molar-refractivity contribution in [2.24, 2.45) is 11.7 Å². The second-order valence-electron chi connectivity index (χ2n) is 4.95. The first-order valence-electron chi connectivity index (χ1n) is 6.71. The second kappa shape index (κ2) is 8.11. The zero-order valence-electron chi connectivity index (χ0n) is 11.8. The summed E-state index contributed by atoms with van der Waals surface area (Å²) in [6.07, 6.45) is 2.08. The lowest BCUT2D eigenvalue weighted by Crippen LogP contribution is -2.25. The minimum atomic E-state index is 0.648. The molecule has 1 unspecified atom stereocenters. The minimum Gasteiger partial charge on any atom is -0.496 e. The first-order chi connectivity index (χ1) is 8.67. The normalized spacial score (nSPS) is 12.4. The average Bonchev–Trinajstić information content (AvgIpc) is 2.35. The summed E-state index contributed by atoms with van der Waals surface area (Å²) in [4.78, 5) is 0. The molecule has 0 aliphatic carbocycles. The van der Waals surface area contributed by atoms with E-state index in [9.17, 15) is 0 Å². The Labute approximate surface area is 111 Å². The SMILES string of the molecule is COc1ccc(C)cc1CCNCC(C)CCN. The van der Waals surface area contributed by atoms with Crippen molar-refractivity contribution in [1.29, 1.82) is 0 Å². The summed E-state index contributed by atoms with van der Waals surface area (Å²) in [5, 5.41) is 3.48. The molecule has 0 radical (unpaired) electrons. The molecule has 1 atom stereocenters. The molecular weight excluding hydrogens is 224 g/mol. The zero-order chi connectivity index (χ0) is 13.4. The van der Waals surface area contributed by atoms with Crippen LogP contribution in [0.3, 0.4) is 0 Å². The topological polar surface area (TPSA) is 47.3 Å². The molecule has 3 N–H and O–H groups in total. The monoisotopic (exact) mass is 250 g/mol. The van der Waals surface area contributed by atoms with E-state index in [0.29, 0.717) is 5.92 Å². The summed E-state index contributed by atoms with van der Waals surface area (Å²) >= 11 is 0. The maximum atomic E-state index is 5.53. The number of ether oxygens (including phenoxy) is 1. The van der Waals surface area contributed by atoms with E-state index in [1.54, 1.807) is 7.11 Å². The highest BCUT2D eigenvalue weighted by Gasteiger charge is 2.04. The summed E-state index contributed by atoms with van der Waals surface area (Å²) in [5.74, 6) is 1.63. The smallest absolute Gasteiger partial charge is 0.122 e. The molecule has 0 aliphatic rings. The summed E-state index contributed by atoms with van der Waals surface area (Å²) in [5.41, 5.74) is 8.09. The fourth-order valence-corrected chi connectivity index (χ4v) is 2.06. The standard InChI is InChI=1S/C15H26N2O/c1-12-4-5-15(18-3)14(10-12)7-9-17-11-13(2)6-8-16/h4-5,10,13,17H,6-9,11,16H2,1-3H3. The van der Waals surface area contributed by atoms with Crippen molar-refractivity contribution in [2.75, 3.05) is 26.7 Å². The van der Waals surface area contributed by atoms with E-state index in [4.69, 9.17) is 10.5 Å². The number of nitrogens with one attached hydrogen (secondary N) is 1. The molecule has 0 saturated heterocycles. The summed E-state index contributed by atoms with van der Waals surface area (Å²) in [7, 11) is 1.73. The Balaban J connectivity index is 2.36. The number of benzene rings is 1. The molecule has 0 saturated carbocycles. The van der Waals surface area contributed by atoms with E-state index >= 15 is 0 Å². The van der Waals surface area contributed by atoms with E-state index in [1.807, 2.05) is 6.07 Å². The van der Waals surface area contributed by atoms with Gasteiger partial charge in [-0.1, -0.05) is 24.6 Å². The Hall–Kier alpha value is -1.06. The van der Waals surface area contributed by atoms with Crippen LogP contribution >= 0.6 is 0 Å². The lowest BCUT2D eigenvalue weighted by molar-refractivity contribution is 0.408. The molecule has 102 valence electrons. The van der Waals surface area contributed by atoms with Crippen LogP contribution in [0.1, 0.15) is 24.5 Å². The molecule has 0 aliphatic heterocycles. The van der Waals surface area contributed by atoms with Gasteiger partial charge in [0.2, 0.25) is 0 Å². The van der Waals surface area contributed by atoms with E-state index < -0.39 is 0 Å². The molecule has 0 bridgehead atoms. The van der Waals surface area contributed by atoms with Gasteiger partial charge in [0.15, 0.2) is 0 Å². The van der Waals surface area contributed by atoms with Crippen molar-refractivity contribution in [3.05, 3.63) is 29.3 Å². The first-order valence-corrected chi connectivity index (χ1v) is 6.71. The first kappa shape index (κ1) is 15.0. The molecule has 0 aromatic heterocycles. The molecule has 1 aromatic rings. The number of hydrogen-bond donors (Lipinski definition) is 2. The lowest BCUT2D eigenvalue weighted by atomic mass is 10.1. The van der Waals surface area contributed by atoms with Crippen LogP contribution in [0, 0.1) is 12.8 Å². The van der Waals surface area contributed by atoms with Crippen molar-refractivity contribution in [3.63, 3.8) is 0 Å². The second-order valence-corrected chi connectivity index (χ2v) is 4.95. The molecule has 0 amide bonds. The Morgan fingerprint density at radius 3 is 2.83 bits per heavy atom. The van der Waals surface area contributed by atoms with E-state index in [-0.39, 0.29) is 0 Å². The van der Waals surface area contributed by atoms with Crippen LogP contribution < -0.4 is 15.8 Å². The van der Waals surface area contributed by atoms with Crippen molar-refractivity contribution in [2.45, 2.75) is 26.7 Å². The number of nitrogens with two attached hydrogens (primary N) is 1. The molecule has 18 heavy (non-hydrogen) atoms. The van der Waals surface area contributed by atoms with Gasteiger partial charge in [-0.05, 0) is 56.9 Å². The van der Waals surface area contributed by atoms with Crippen LogP contribution in [-0.4, -0.2) is 26.7 Å². The van der Waals surface area contributed by atoms with Gasteiger partial charge in [-0.25, -0.2) is 0 Å². The van der Waals surface area contributed by atoms with Crippen LogP contribution in [-0.2, 0) is 6.42 Å². The van der Waals surface area contributed by atoms with Crippen molar-refractivity contribution >= 4 is 0 Å². The highest BCUT2D eigenvalue weighted by molar-refractivity contribution is 5.37. The van der Waals surface area contributed by atoms with Crippen LogP contribution in [0.5, 0.6) is 5.75 Å². The molecule has 0 spiro atoms. The van der Waals surface area contributed by atoms with Crippen molar-refractivity contribution in [1.82, 2.24) is 5.32 Å². The van der Waals surface area contributed by atoms with E-state index in [2.05, 4.69) is 31.3 Å².